The van der Waals surface area contributed by atoms with Gasteiger partial charge in [0.15, 0.2) is 5.78 Å². The van der Waals surface area contributed by atoms with Crippen LogP contribution in [0.2, 0.25) is 0 Å². The third kappa shape index (κ3) is 9.03. The van der Waals surface area contributed by atoms with Crippen LogP contribution in [0.4, 0.5) is 4.39 Å². The molecule has 0 saturated carbocycles. The van der Waals surface area contributed by atoms with Crippen molar-refractivity contribution in [3.8, 4) is 11.3 Å². The Balaban J connectivity index is 0.000000372. The van der Waals surface area contributed by atoms with E-state index >= 15 is 4.39 Å². The van der Waals surface area contributed by atoms with Crippen LogP contribution in [0, 0.1) is 29.6 Å². The van der Waals surface area contributed by atoms with Crippen molar-refractivity contribution in [2.24, 2.45) is 17.8 Å². The fourth-order valence-electron chi connectivity index (χ4n) is 8.76. The average molecular weight is 955 g/mol. The zero-order chi connectivity index (χ0) is 40.6. The monoisotopic (exact) mass is 955 g/mol. The van der Waals surface area contributed by atoms with Gasteiger partial charge in [-0.05, 0) is 95.3 Å². The first-order valence-corrected chi connectivity index (χ1v) is 21.6. The largest absolute Gasteiger partial charge is 0.512 e. The van der Waals surface area contributed by atoms with Crippen molar-refractivity contribution in [1.29, 1.82) is 0 Å². The van der Waals surface area contributed by atoms with Gasteiger partial charge in [0.05, 0.1) is 5.76 Å². The first-order chi connectivity index (χ1) is 25.8. The summed E-state index contributed by atoms with van der Waals surface area (Å²) < 4.78 is 19.1. The molecule has 5 aromatic rings. The van der Waals surface area contributed by atoms with E-state index in [1.807, 2.05) is 40.0 Å². The van der Waals surface area contributed by atoms with E-state index in [4.69, 9.17) is 4.98 Å². The zero-order valence-electron chi connectivity index (χ0n) is 36.2. The van der Waals surface area contributed by atoms with Gasteiger partial charge in [0.2, 0.25) is 0 Å². The number of halogens is 1. The number of thiophene rings is 1. The minimum absolute atomic E-state index is 0. The van der Waals surface area contributed by atoms with Crippen LogP contribution in [0.3, 0.4) is 0 Å². The Morgan fingerprint density at radius 3 is 2.07 bits per heavy atom. The van der Waals surface area contributed by atoms with Gasteiger partial charge in [-0.2, -0.15) is 0 Å². The molecule has 3 nitrogen and oxygen atoms in total. The molecule has 0 fully saturated rings. The molecule has 0 bridgehead atoms. The van der Waals surface area contributed by atoms with E-state index in [1.165, 1.54) is 28.2 Å². The van der Waals surface area contributed by atoms with Crippen molar-refractivity contribution < 1.29 is 34.4 Å². The van der Waals surface area contributed by atoms with E-state index in [2.05, 4.69) is 98.7 Å². The summed E-state index contributed by atoms with van der Waals surface area (Å²) in [6.07, 6.45) is 9.69. The number of nitrogens with zero attached hydrogens (tertiary/aromatic N) is 1. The number of hydrogen-bond donors (Lipinski definition) is 1. The van der Waals surface area contributed by atoms with Crippen molar-refractivity contribution in [2.75, 3.05) is 0 Å². The molecule has 0 saturated heterocycles. The summed E-state index contributed by atoms with van der Waals surface area (Å²) in [5.41, 5.74) is 6.60. The van der Waals surface area contributed by atoms with Crippen LogP contribution in [-0.2, 0) is 47.6 Å². The molecule has 305 valence electrons. The molecule has 0 amide bonds. The maximum absolute atomic E-state index is 16.9. The van der Waals surface area contributed by atoms with Crippen LogP contribution in [0.5, 0.6) is 0 Å². The van der Waals surface area contributed by atoms with Gasteiger partial charge in [-0.3, -0.25) is 9.78 Å². The summed E-state index contributed by atoms with van der Waals surface area (Å²) in [4.78, 5) is 16.7. The number of benzene rings is 3. The number of allylic oxidation sites excluding steroid dienone is 2. The predicted octanol–water partition coefficient (Wildman–Crippen LogP) is 14.9. The molecule has 1 aliphatic rings. The van der Waals surface area contributed by atoms with Crippen molar-refractivity contribution in [3.63, 3.8) is 0 Å². The molecule has 1 radical (unpaired) electrons. The van der Waals surface area contributed by atoms with Gasteiger partial charge >= 0.3 is 0 Å². The van der Waals surface area contributed by atoms with Crippen LogP contribution < -0.4 is 0 Å². The number of fused-ring (bicyclic) bond motifs is 6. The quantitative estimate of drug-likeness (QED) is 0.0862. The average Bonchev–Trinajstić information content (AvgIpc) is 3.51. The van der Waals surface area contributed by atoms with E-state index in [0.29, 0.717) is 5.92 Å². The van der Waals surface area contributed by atoms with Gasteiger partial charge in [0, 0.05) is 64.7 Å². The number of carbonyl (C=O) groups excluding carboxylic acids is 1. The molecule has 1 aliphatic carbocycles. The molecule has 0 aliphatic heterocycles. The summed E-state index contributed by atoms with van der Waals surface area (Å²) in [6, 6.07) is 16.5. The van der Waals surface area contributed by atoms with Crippen LogP contribution >= 0.6 is 11.3 Å². The van der Waals surface area contributed by atoms with Gasteiger partial charge in [-0.25, -0.2) is 4.39 Å². The fourth-order valence-corrected chi connectivity index (χ4v) is 10.3. The van der Waals surface area contributed by atoms with Gasteiger partial charge in [-0.1, -0.05) is 119 Å². The van der Waals surface area contributed by atoms with Crippen molar-refractivity contribution in [2.45, 2.75) is 151 Å². The second-order valence-electron chi connectivity index (χ2n) is 18.6. The molecule has 2 heterocycles. The predicted molar refractivity (Wildman–Crippen MR) is 235 cm³/mol. The number of aliphatic hydroxyl groups is 1. The molecular formula is C50H65FIrNO2S-. The molecule has 2 aromatic heterocycles. The third-order valence-electron chi connectivity index (χ3n) is 12.1. The number of aliphatic hydroxyl groups excluding tert-OH is 1. The second-order valence-corrected chi connectivity index (χ2v) is 19.7. The Kier molecular flexibility index (Phi) is 14.6. The van der Waals surface area contributed by atoms with E-state index in [-0.39, 0.29) is 65.5 Å². The van der Waals surface area contributed by atoms with Gasteiger partial charge in [0.25, 0.3) is 0 Å². The van der Waals surface area contributed by atoms with E-state index in [0.717, 1.165) is 87.3 Å². The van der Waals surface area contributed by atoms with Crippen molar-refractivity contribution in [1.82, 2.24) is 4.98 Å². The molecule has 0 atom stereocenters. The minimum atomic E-state index is -0.0604. The van der Waals surface area contributed by atoms with Gasteiger partial charge in [-0.15, -0.1) is 40.5 Å². The number of pyridine rings is 1. The molecule has 1 N–H and O–H groups in total. The van der Waals surface area contributed by atoms with Crippen LogP contribution in [0.1, 0.15) is 151 Å². The molecule has 6 heteroatoms. The smallest absolute Gasteiger partial charge is 0.162 e. The van der Waals surface area contributed by atoms with Crippen LogP contribution in [-0.4, -0.2) is 15.9 Å². The molecular weight excluding hydrogens is 890 g/mol. The normalized spacial score (nSPS) is 15.3. The molecule has 6 rings (SSSR count). The number of ketones is 1. The van der Waals surface area contributed by atoms with Gasteiger partial charge in [0.1, 0.15) is 5.82 Å². The maximum Gasteiger partial charge on any atom is 0.162 e. The van der Waals surface area contributed by atoms with E-state index in [1.54, 1.807) is 11.3 Å². The number of carbonyl (C=O) groups is 1. The summed E-state index contributed by atoms with van der Waals surface area (Å²) in [5.74, 6) is 0.905. The minimum Gasteiger partial charge on any atom is -0.512 e. The Morgan fingerprint density at radius 1 is 0.911 bits per heavy atom. The van der Waals surface area contributed by atoms with Crippen molar-refractivity contribution >= 4 is 48.1 Å². The Bertz CT molecular complexity index is 2210. The Hall–Kier alpha value is -2.92. The third-order valence-corrected chi connectivity index (χ3v) is 13.4. The summed E-state index contributed by atoms with van der Waals surface area (Å²) in [5, 5.41) is 13.9. The molecule has 56 heavy (non-hydrogen) atoms. The first-order valence-electron chi connectivity index (χ1n) is 20.8. The summed E-state index contributed by atoms with van der Waals surface area (Å²) in [6.45, 7) is 28.6. The topological polar surface area (TPSA) is 50.2 Å². The first kappa shape index (κ1) is 45.8. The van der Waals surface area contributed by atoms with Crippen molar-refractivity contribution in [3.05, 3.63) is 88.6 Å². The molecule has 0 unspecified atom stereocenters. The molecule has 3 aromatic carbocycles. The Morgan fingerprint density at radius 2 is 1.50 bits per heavy atom. The van der Waals surface area contributed by atoms with Gasteiger partial charge < -0.3 is 5.11 Å². The zero-order valence-corrected chi connectivity index (χ0v) is 39.4. The number of rotatable bonds is 10. The maximum atomic E-state index is 16.9. The van der Waals surface area contributed by atoms with E-state index < -0.39 is 0 Å². The summed E-state index contributed by atoms with van der Waals surface area (Å²) >= 11 is 1.74. The fraction of sp³-hybridized carbons (Fsp3) is 0.520. The second kappa shape index (κ2) is 17.9. The SMILES string of the molecule is CC(C)Cc1c2c(c3sc4c(-c5[c-]c6ccccc6c(C(C)(C)C)c5)nccc4c3c1F)C(C)(C)CCC2(C)C.CCC(CC)C(=O)/C=C(\O)C(CC)CC.[Ir]. The number of hydrogen-bond acceptors (Lipinski definition) is 4. The van der Waals surface area contributed by atoms with Crippen LogP contribution in [0.15, 0.2) is 54.4 Å². The van der Waals surface area contributed by atoms with Crippen LogP contribution in [0.25, 0.3) is 42.2 Å². The molecule has 0 spiro atoms. The standard InChI is InChI=1S/C37H41FNS.C13H24O2.Ir/c1-21(2)18-26-29-30(37(8,9)16-15-36(29,6)7)34-28(31(26)38)25-14-17-39-32(33(25)40-34)23-19-22-12-10-11-13-24(22)27(20-23)35(3,4)5;1-5-10(6-2)12(14)9-13(15)11(7-3)8-4;/h10-14,17,20-21H,15-16,18H2,1-9H3;9-11,14H,5-8H2,1-4H3;/q-1;;/b;12-9-;. The van der Waals surface area contributed by atoms with E-state index in [9.17, 15) is 9.90 Å². The Labute approximate surface area is 354 Å². The number of aromatic nitrogens is 1. The summed E-state index contributed by atoms with van der Waals surface area (Å²) in [7, 11) is 0.